The van der Waals surface area contributed by atoms with E-state index in [2.05, 4.69) is 11.6 Å². The van der Waals surface area contributed by atoms with Crippen molar-refractivity contribution in [3.05, 3.63) is 67.1 Å². The Morgan fingerprint density at radius 2 is 2.04 bits per heavy atom. The number of fused-ring (bicyclic) bond motifs is 1. The number of amides is 1. The van der Waals surface area contributed by atoms with E-state index in [-0.39, 0.29) is 18.0 Å². The zero-order valence-electron chi connectivity index (χ0n) is 14.9. The van der Waals surface area contributed by atoms with Crippen molar-refractivity contribution in [3.8, 4) is 0 Å². The molecule has 0 saturated heterocycles. The van der Waals surface area contributed by atoms with Crippen LogP contribution in [-0.4, -0.2) is 32.0 Å². The first kappa shape index (κ1) is 20.7. The Labute approximate surface area is 180 Å². The maximum Gasteiger partial charge on any atom is 0.273 e. The summed E-state index contributed by atoms with van der Waals surface area (Å²) in [5.41, 5.74) is 1.01. The number of halogens is 2. The van der Waals surface area contributed by atoms with Gasteiger partial charge >= 0.3 is 0 Å². The van der Waals surface area contributed by atoms with Crippen LogP contribution in [0.2, 0.25) is 10.0 Å². The maximum absolute atomic E-state index is 12.7. The molecule has 10 heteroatoms. The molecule has 1 amide bonds. The lowest BCUT2D eigenvalue weighted by molar-refractivity contribution is -0.131. The third-order valence-electron chi connectivity index (χ3n) is 4.03. The van der Waals surface area contributed by atoms with E-state index >= 15 is 0 Å². The van der Waals surface area contributed by atoms with Gasteiger partial charge in [0.1, 0.15) is 17.6 Å². The van der Waals surface area contributed by atoms with Crippen molar-refractivity contribution in [1.82, 2.24) is 19.0 Å². The van der Waals surface area contributed by atoms with Gasteiger partial charge in [-0.25, -0.2) is 4.98 Å². The number of hydrogen-bond acceptors (Lipinski definition) is 5. The topological polar surface area (TPSA) is 60.1 Å². The van der Waals surface area contributed by atoms with Crippen LogP contribution < -0.4 is 5.56 Å². The Balaban J connectivity index is 1.82. The standard InChI is InChI=1S/C18H16Cl2N4O2S2/c1-3-4-24-16-15(28-18(24)27)17(26)23(10-21-16)9-14(25)22(2)8-11-5-12(19)7-13(20)6-11/h3,5-7,10H,1,4,8-9H2,2H3. The summed E-state index contributed by atoms with van der Waals surface area (Å²) in [6.45, 7) is 4.35. The minimum Gasteiger partial charge on any atom is -0.340 e. The highest BCUT2D eigenvalue weighted by atomic mass is 35.5. The molecule has 0 spiro atoms. The number of carbonyl (C=O) groups is 1. The fraction of sp³-hybridized carbons (Fsp3) is 0.222. The van der Waals surface area contributed by atoms with Gasteiger partial charge in [-0.2, -0.15) is 0 Å². The van der Waals surface area contributed by atoms with Gasteiger partial charge in [0, 0.05) is 30.2 Å². The van der Waals surface area contributed by atoms with Crippen molar-refractivity contribution in [1.29, 1.82) is 0 Å². The Kier molecular flexibility index (Phi) is 6.34. The predicted octanol–water partition coefficient (Wildman–Crippen LogP) is 4.14. The van der Waals surface area contributed by atoms with Crippen LogP contribution in [0.1, 0.15) is 5.56 Å². The fourth-order valence-corrected chi connectivity index (χ4v) is 4.59. The molecule has 0 N–H and O–H groups in total. The van der Waals surface area contributed by atoms with Gasteiger partial charge < -0.3 is 9.47 Å². The lowest BCUT2D eigenvalue weighted by Gasteiger charge is -2.18. The van der Waals surface area contributed by atoms with Gasteiger partial charge in [0.2, 0.25) is 5.91 Å². The number of nitrogens with zero attached hydrogens (tertiary/aromatic N) is 4. The van der Waals surface area contributed by atoms with E-state index in [9.17, 15) is 9.59 Å². The summed E-state index contributed by atoms with van der Waals surface area (Å²) in [5.74, 6) is -0.242. The predicted molar refractivity (Wildman–Crippen MR) is 116 cm³/mol. The van der Waals surface area contributed by atoms with Crippen molar-refractivity contribution in [2.45, 2.75) is 19.6 Å². The number of aromatic nitrogens is 3. The molecule has 0 saturated carbocycles. The summed E-state index contributed by atoms with van der Waals surface area (Å²) in [5, 5.41) is 0.999. The third-order valence-corrected chi connectivity index (χ3v) is 5.89. The molecule has 0 fully saturated rings. The van der Waals surface area contributed by atoms with Crippen molar-refractivity contribution in [3.63, 3.8) is 0 Å². The molecular formula is C18H16Cl2N4O2S2. The molecule has 0 aliphatic carbocycles. The molecule has 0 aliphatic rings. The van der Waals surface area contributed by atoms with Crippen molar-refractivity contribution < 1.29 is 4.79 Å². The lowest BCUT2D eigenvalue weighted by atomic mass is 10.2. The summed E-state index contributed by atoms with van der Waals surface area (Å²) >= 11 is 18.5. The zero-order chi connectivity index (χ0) is 20.4. The number of likely N-dealkylation sites (N-methyl/N-ethyl adjacent to an activating group) is 1. The molecule has 2 heterocycles. The first-order chi connectivity index (χ1) is 13.3. The normalized spacial score (nSPS) is 11.0. The van der Waals surface area contributed by atoms with Gasteiger partial charge in [0.15, 0.2) is 9.60 Å². The second-order valence-electron chi connectivity index (χ2n) is 6.13. The fourth-order valence-electron chi connectivity index (χ4n) is 2.71. The number of hydrogen-bond donors (Lipinski definition) is 0. The average molecular weight is 455 g/mol. The Morgan fingerprint density at radius 3 is 2.68 bits per heavy atom. The summed E-state index contributed by atoms with van der Waals surface area (Å²) in [6, 6.07) is 5.11. The van der Waals surface area contributed by atoms with E-state index in [1.807, 2.05) is 0 Å². The summed E-state index contributed by atoms with van der Waals surface area (Å²) in [4.78, 5) is 31.2. The minimum atomic E-state index is -0.295. The van der Waals surface area contributed by atoms with Crippen LogP contribution >= 0.6 is 46.8 Å². The largest absolute Gasteiger partial charge is 0.340 e. The first-order valence-electron chi connectivity index (χ1n) is 8.18. The molecular weight excluding hydrogens is 439 g/mol. The van der Waals surface area contributed by atoms with Gasteiger partial charge in [0.25, 0.3) is 5.56 Å². The molecule has 3 rings (SSSR count). The van der Waals surface area contributed by atoms with Crippen LogP contribution in [0.4, 0.5) is 0 Å². The first-order valence-corrected chi connectivity index (χ1v) is 10.2. The van der Waals surface area contributed by atoms with Crippen molar-refractivity contribution in [2.24, 2.45) is 0 Å². The smallest absolute Gasteiger partial charge is 0.273 e. The molecule has 6 nitrogen and oxygen atoms in total. The van der Waals surface area contributed by atoms with E-state index in [1.165, 1.54) is 27.1 Å². The molecule has 3 aromatic rings. The Bertz CT molecular complexity index is 1160. The molecule has 1 aromatic carbocycles. The van der Waals surface area contributed by atoms with Crippen LogP contribution in [0, 0.1) is 3.95 Å². The average Bonchev–Trinajstić information content (AvgIpc) is 2.93. The molecule has 0 bridgehead atoms. The van der Waals surface area contributed by atoms with Crippen LogP contribution in [0.3, 0.4) is 0 Å². The van der Waals surface area contributed by atoms with Crippen LogP contribution in [0.15, 0.2) is 42.0 Å². The highest BCUT2D eigenvalue weighted by Crippen LogP contribution is 2.20. The van der Waals surface area contributed by atoms with Gasteiger partial charge in [-0.15, -0.1) is 6.58 Å². The van der Waals surface area contributed by atoms with Crippen LogP contribution in [0.5, 0.6) is 0 Å². The molecule has 146 valence electrons. The van der Waals surface area contributed by atoms with Crippen LogP contribution in [-0.2, 0) is 24.4 Å². The van der Waals surface area contributed by atoms with Gasteiger partial charge in [-0.05, 0) is 36.0 Å². The summed E-state index contributed by atoms with van der Waals surface area (Å²) in [6.07, 6.45) is 3.06. The monoisotopic (exact) mass is 454 g/mol. The highest BCUT2D eigenvalue weighted by Gasteiger charge is 2.16. The third kappa shape index (κ3) is 4.35. The zero-order valence-corrected chi connectivity index (χ0v) is 18.0. The number of thiazole rings is 1. The van der Waals surface area contributed by atoms with E-state index < -0.39 is 0 Å². The quantitative estimate of drug-likeness (QED) is 0.414. The molecule has 0 radical (unpaired) electrons. The number of carbonyl (C=O) groups excluding carboxylic acids is 1. The molecule has 0 unspecified atom stereocenters. The minimum absolute atomic E-state index is 0.126. The summed E-state index contributed by atoms with van der Waals surface area (Å²) in [7, 11) is 1.65. The molecule has 0 aliphatic heterocycles. The van der Waals surface area contributed by atoms with Crippen molar-refractivity contribution >= 4 is 63.0 Å². The SMILES string of the molecule is C=CCn1c(=S)sc2c(=O)n(CC(=O)N(C)Cc3cc(Cl)cc(Cl)c3)cnc21. The van der Waals surface area contributed by atoms with Gasteiger partial charge in [-0.1, -0.05) is 40.6 Å². The Hall–Kier alpha value is -2.00. The lowest BCUT2D eigenvalue weighted by Crippen LogP contribution is -2.33. The molecule has 28 heavy (non-hydrogen) atoms. The van der Waals surface area contributed by atoms with Gasteiger partial charge in [0.05, 0.1) is 0 Å². The maximum atomic E-state index is 12.7. The van der Waals surface area contributed by atoms with Crippen molar-refractivity contribution in [2.75, 3.05) is 7.05 Å². The molecule has 2 aromatic heterocycles. The Morgan fingerprint density at radius 1 is 1.36 bits per heavy atom. The number of benzene rings is 1. The number of allylic oxidation sites excluding steroid dienone is 1. The van der Waals surface area contributed by atoms with E-state index in [0.717, 1.165) is 5.56 Å². The van der Waals surface area contributed by atoms with E-state index in [4.69, 9.17) is 35.4 Å². The summed E-state index contributed by atoms with van der Waals surface area (Å²) < 4.78 is 3.99. The van der Waals surface area contributed by atoms with Gasteiger partial charge in [-0.3, -0.25) is 14.2 Å². The van der Waals surface area contributed by atoms with E-state index in [0.29, 0.717) is 37.4 Å². The second kappa shape index (κ2) is 8.57. The van der Waals surface area contributed by atoms with E-state index in [1.54, 1.807) is 35.9 Å². The number of rotatable bonds is 6. The van der Waals surface area contributed by atoms with Crippen LogP contribution in [0.25, 0.3) is 10.3 Å². The highest BCUT2D eigenvalue weighted by molar-refractivity contribution is 7.73. The second-order valence-corrected chi connectivity index (χ2v) is 8.64. The molecule has 0 atom stereocenters.